The second kappa shape index (κ2) is 17.7. The van der Waals surface area contributed by atoms with Crippen molar-refractivity contribution >= 4 is 18.0 Å². The van der Waals surface area contributed by atoms with Crippen LogP contribution in [0.4, 0.5) is 20.4 Å². The summed E-state index contributed by atoms with van der Waals surface area (Å²) in [6.45, 7) is 5.56. The molecule has 258 valence electrons. The van der Waals surface area contributed by atoms with Crippen LogP contribution < -0.4 is 20.5 Å². The molecule has 13 nitrogen and oxygen atoms in total. The Labute approximate surface area is 279 Å². The van der Waals surface area contributed by atoms with Gasteiger partial charge in [0.1, 0.15) is 30.2 Å². The maximum atomic E-state index is 12.4. The number of aliphatic imine (C=N–C) groups is 1. The van der Waals surface area contributed by atoms with Gasteiger partial charge in [0.2, 0.25) is 5.95 Å². The number of rotatable bonds is 16. The zero-order valence-corrected chi connectivity index (χ0v) is 27.1. The van der Waals surface area contributed by atoms with Crippen molar-refractivity contribution in [1.29, 1.82) is 5.26 Å². The minimum absolute atomic E-state index is 0.159. The minimum atomic E-state index is -2.50. The summed E-state index contributed by atoms with van der Waals surface area (Å²) in [7, 11) is 0. The Morgan fingerprint density at radius 3 is 2.58 bits per heavy atom. The fourth-order valence-corrected chi connectivity index (χ4v) is 5.90. The Balaban J connectivity index is 1.26. The predicted molar refractivity (Wildman–Crippen MR) is 176 cm³/mol. The van der Waals surface area contributed by atoms with E-state index >= 15 is 0 Å². The quantitative estimate of drug-likeness (QED) is 0.125. The minimum Gasteiger partial charge on any atom is -0.487 e. The molecule has 0 amide bonds. The van der Waals surface area contributed by atoms with Gasteiger partial charge in [0, 0.05) is 43.5 Å². The first-order valence-corrected chi connectivity index (χ1v) is 16.3. The molecule has 2 aromatic heterocycles. The molecule has 1 aliphatic heterocycles. The first-order valence-electron chi connectivity index (χ1n) is 16.3. The van der Waals surface area contributed by atoms with E-state index in [1.54, 1.807) is 24.5 Å². The molecule has 15 heteroatoms. The third-order valence-corrected chi connectivity index (χ3v) is 8.35. The summed E-state index contributed by atoms with van der Waals surface area (Å²) in [6.07, 6.45) is 8.30. The fourth-order valence-electron chi connectivity index (χ4n) is 5.90. The molecule has 1 aromatic carbocycles. The van der Waals surface area contributed by atoms with Crippen LogP contribution >= 0.6 is 0 Å². The smallest absolute Gasteiger partial charge is 0.261 e. The molecule has 1 aliphatic carbocycles. The van der Waals surface area contributed by atoms with Crippen molar-refractivity contribution in [2.75, 3.05) is 58.0 Å². The monoisotopic (exact) mass is 667 g/mol. The van der Waals surface area contributed by atoms with Gasteiger partial charge >= 0.3 is 0 Å². The number of hydrogen-bond donors (Lipinski definition) is 2. The molecule has 3 N–H and O–H groups in total. The Hall–Kier alpha value is -4.39. The van der Waals surface area contributed by atoms with E-state index in [0.29, 0.717) is 47.8 Å². The normalized spacial score (nSPS) is 19.3. The van der Waals surface area contributed by atoms with Crippen LogP contribution in [0, 0.1) is 11.3 Å². The number of morpholine rings is 1. The van der Waals surface area contributed by atoms with Gasteiger partial charge in [-0.3, -0.25) is 14.6 Å². The summed E-state index contributed by atoms with van der Waals surface area (Å²) in [6, 6.07) is 8.22. The zero-order chi connectivity index (χ0) is 33.7. The van der Waals surface area contributed by atoms with E-state index in [1.807, 2.05) is 23.9 Å². The highest BCUT2D eigenvalue weighted by Gasteiger charge is 2.29. The van der Waals surface area contributed by atoms with Crippen molar-refractivity contribution in [3.8, 4) is 28.8 Å². The molecule has 3 heterocycles. The number of nitrogens with two attached hydrogens (primary N) is 1. The Morgan fingerprint density at radius 1 is 1.12 bits per heavy atom. The van der Waals surface area contributed by atoms with Crippen LogP contribution in [0.3, 0.4) is 0 Å². The standard InChI is InChI=1S/C33H43F2N9O4/c1-23(17-38-22-37)48-30-15-24(3-4-25(30)16-36)26-18-39-33(40-19-26)41-29-20-44(42-32(29)47-12-2-11-46-21-31(34)35)28-7-5-27(6-8-28)43-9-13-45-14-10-43/h3-4,15,18-20,22-23,27-28,31H,2,5-14,17,21H2,1H3,(H2,37,38)(H,39,40,41)/t23-,27?,28?/m0/s1. The number of hydrogen-bond acceptors (Lipinski definition) is 11. The van der Waals surface area contributed by atoms with Crippen molar-refractivity contribution in [2.45, 2.75) is 63.6 Å². The second-order valence-corrected chi connectivity index (χ2v) is 11.8. The summed E-state index contributed by atoms with van der Waals surface area (Å²) in [4.78, 5) is 15.6. The highest BCUT2D eigenvalue weighted by molar-refractivity contribution is 5.67. The van der Waals surface area contributed by atoms with Gasteiger partial charge in [-0.15, -0.1) is 5.10 Å². The SMILES string of the molecule is C[C@@H](CN=CN)Oc1cc(-c2cnc(Nc3cn(C4CCC(N5CCOCC5)CC4)nc3OCCCOCC(F)F)nc2)ccc1C#N. The van der Waals surface area contributed by atoms with E-state index in [-0.39, 0.29) is 25.4 Å². The van der Waals surface area contributed by atoms with Gasteiger partial charge in [-0.25, -0.2) is 18.7 Å². The molecule has 48 heavy (non-hydrogen) atoms. The van der Waals surface area contributed by atoms with E-state index in [0.717, 1.165) is 63.1 Å². The molecule has 1 saturated carbocycles. The number of alkyl halides is 2. The molecule has 1 saturated heterocycles. The van der Waals surface area contributed by atoms with Crippen LogP contribution in [-0.4, -0.2) is 102 Å². The summed E-state index contributed by atoms with van der Waals surface area (Å²) in [5.74, 6) is 1.16. The van der Waals surface area contributed by atoms with Gasteiger partial charge in [0.15, 0.2) is 0 Å². The highest BCUT2D eigenvalue weighted by Crippen LogP contribution is 2.35. The molecule has 0 bridgehead atoms. The van der Waals surface area contributed by atoms with Gasteiger partial charge in [0.25, 0.3) is 12.3 Å². The van der Waals surface area contributed by atoms with Crippen molar-refractivity contribution < 1.29 is 27.7 Å². The van der Waals surface area contributed by atoms with Crippen LogP contribution in [0.25, 0.3) is 11.1 Å². The van der Waals surface area contributed by atoms with Gasteiger partial charge in [-0.05, 0) is 50.3 Å². The number of nitrogens with zero attached hydrogens (tertiary/aromatic N) is 7. The third kappa shape index (κ3) is 9.82. The number of halogens is 2. The lowest BCUT2D eigenvalue weighted by molar-refractivity contribution is 0.00501. The topological polar surface area (TPSA) is 158 Å². The summed E-state index contributed by atoms with van der Waals surface area (Å²) >= 11 is 0. The number of anilines is 2. The number of benzene rings is 1. The number of nitriles is 1. The van der Waals surface area contributed by atoms with Crippen molar-refractivity contribution in [3.63, 3.8) is 0 Å². The van der Waals surface area contributed by atoms with Crippen LogP contribution in [0.1, 0.15) is 50.6 Å². The first-order chi connectivity index (χ1) is 23.4. The third-order valence-electron chi connectivity index (χ3n) is 8.35. The van der Waals surface area contributed by atoms with E-state index in [2.05, 4.69) is 31.2 Å². The highest BCUT2D eigenvalue weighted by atomic mass is 19.3. The number of aromatic nitrogens is 4. The van der Waals surface area contributed by atoms with Crippen molar-refractivity contribution in [3.05, 3.63) is 42.4 Å². The van der Waals surface area contributed by atoms with Crippen LogP contribution in [-0.2, 0) is 9.47 Å². The molecule has 0 radical (unpaired) electrons. The summed E-state index contributed by atoms with van der Waals surface area (Å²) < 4.78 is 49.2. The van der Waals surface area contributed by atoms with Crippen molar-refractivity contribution in [1.82, 2.24) is 24.6 Å². The van der Waals surface area contributed by atoms with Crippen LogP contribution in [0.2, 0.25) is 0 Å². The second-order valence-electron chi connectivity index (χ2n) is 11.8. The van der Waals surface area contributed by atoms with E-state index < -0.39 is 13.0 Å². The first kappa shape index (κ1) is 34.9. The van der Waals surface area contributed by atoms with Crippen molar-refractivity contribution in [2.24, 2.45) is 10.7 Å². The number of ether oxygens (including phenoxy) is 4. The maximum absolute atomic E-state index is 12.4. The predicted octanol–water partition coefficient (Wildman–Crippen LogP) is 4.58. The van der Waals surface area contributed by atoms with Gasteiger partial charge in [-0.2, -0.15) is 5.26 Å². The molecule has 0 unspecified atom stereocenters. The maximum Gasteiger partial charge on any atom is 0.261 e. The van der Waals surface area contributed by atoms with Crippen LogP contribution in [0.15, 0.2) is 41.8 Å². The lowest BCUT2D eigenvalue weighted by atomic mass is 9.90. The van der Waals surface area contributed by atoms with E-state index in [1.165, 1.54) is 6.34 Å². The Morgan fingerprint density at radius 2 is 1.88 bits per heavy atom. The molecule has 2 aliphatic rings. The molecule has 3 aromatic rings. The molecular formula is C33H43F2N9O4. The lowest BCUT2D eigenvalue weighted by Crippen LogP contribution is -2.45. The number of nitrogens with one attached hydrogen (secondary N) is 1. The summed E-state index contributed by atoms with van der Waals surface area (Å²) in [5.41, 5.74) is 7.87. The van der Waals surface area contributed by atoms with Crippen LogP contribution in [0.5, 0.6) is 11.6 Å². The molecular weight excluding hydrogens is 624 g/mol. The fraction of sp³-hybridized carbons (Fsp3) is 0.545. The zero-order valence-electron chi connectivity index (χ0n) is 27.1. The molecule has 0 spiro atoms. The van der Waals surface area contributed by atoms with Gasteiger partial charge in [-0.1, -0.05) is 6.07 Å². The molecule has 2 fully saturated rings. The van der Waals surface area contributed by atoms with Gasteiger partial charge < -0.3 is 30.0 Å². The molecule has 1 atom stereocenters. The average Bonchev–Trinajstić information content (AvgIpc) is 3.51. The van der Waals surface area contributed by atoms with Gasteiger partial charge in [0.05, 0.1) is 57.1 Å². The summed E-state index contributed by atoms with van der Waals surface area (Å²) in [5, 5.41) is 17.6. The largest absolute Gasteiger partial charge is 0.487 e. The average molecular weight is 668 g/mol. The van der Waals surface area contributed by atoms with E-state index in [9.17, 15) is 14.0 Å². The lowest BCUT2D eigenvalue weighted by Gasteiger charge is -2.38. The Kier molecular flexibility index (Phi) is 12.9. The molecule has 5 rings (SSSR count). The Bertz CT molecular complexity index is 1500. The van der Waals surface area contributed by atoms with E-state index in [4.69, 9.17) is 29.8 Å².